The van der Waals surface area contributed by atoms with Crippen molar-refractivity contribution in [1.29, 1.82) is 0 Å². The zero-order valence-electron chi connectivity index (χ0n) is 16.0. The number of rotatable bonds is 7. The SMILES string of the molecule is CCc1ccc(N=C2NC(=O)/C(=C\c3ccc(OCC(=O)O)c(OC)c3)S2)cc1. The molecule has 0 bridgehead atoms. The van der Waals surface area contributed by atoms with Crippen LogP contribution in [0.1, 0.15) is 18.1 Å². The number of hydrogen-bond acceptors (Lipinski definition) is 6. The van der Waals surface area contributed by atoms with Gasteiger partial charge >= 0.3 is 5.97 Å². The van der Waals surface area contributed by atoms with Crippen LogP contribution in [0.3, 0.4) is 0 Å². The summed E-state index contributed by atoms with van der Waals surface area (Å²) in [4.78, 5) is 27.9. The third kappa shape index (κ3) is 5.39. The number of carboxylic acids is 1. The number of carbonyl (C=O) groups excluding carboxylic acids is 1. The molecule has 3 rings (SSSR count). The second-order valence-corrected chi connectivity index (χ2v) is 7.13. The molecule has 0 aromatic heterocycles. The summed E-state index contributed by atoms with van der Waals surface area (Å²) >= 11 is 1.25. The Labute approximate surface area is 172 Å². The highest BCUT2D eigenvalue weighted by Crippen LogP contribution is 2.32. The second-order valence-electron chi connectivity index (χ2n) is 6.09. The van der Waals surface area contributed by atoms with Crippen molar-refractivity contribution in [3.05, 3.63) is 58.5 Å². The molecular formula is C21H20N2O5S. The highest BCUT2D eigenvalue weighted by molar-refractivity contribution is 8.18. The molecule has 8 heteroatoms. The van der Waals surface area contributed by atoms with Crippen LogP contribution in [0.2, 0.25) is 0 Å². The molecule has 7 nitrogen and oxygen atoms in total. The van der Waals surface area contributed by atoms with Crippen LogP contribution in [0.15, 0.2) is 52.4 Å². The summed E-state index contributed by atoms with van der Waals surface area (Å²) in [5, 5.41) is 12.0. The second kappa shape index (κ2) is 9.29. The normalized spacial score (nSPS) is 16.1. The number of thioether (sulfide) groups is 1. The van der Waals surface area contributed by atoms with Gasteiger partial charge in [0.2, 0.25) is 0 Å². The van der Waals surface area contributed by atoms with Gasteiger partial charge in [-0.25, -0.2) is 9.79 Å². The van der Waals surface area contributed by atoms with Crippen molar-refractivity contribution in [1.82, 2.24) is 5.32 Å². The standard InChI is InChI=1S/C21H20N2O5S/c1-3-13-4-7-15(8-5-13)22-21-23-20(26)18(29-21)11-14-6-9-16(17(10-14)27-2)28-12-19(24)25/h4-11H,3,12H2,1-2H3,(H,24,25)(H,22,23,26)/b18-11+. The smallest absolute Gasteiger partial charge is 0.341 e. The molecule has 2 N–H and O–H groups in total. The van der Waals surface area contributed by atoms with E-state index in [0.29, 0.717) is 21.6 Å². The Balaban J connectivity index is 1.76. The van der Waals surface area contributed by atoms with Gasteiger partial charge in [0.15, 0.2) is 23.3 Å². The number of amidine groups is 1. The lowest BCUT2D eigenvalue weighted by atomic mass is 10.2. The Morgan fingerprint density at radius 1 is 1.21 bits per heavy atom. The van der Waals surface area contributed by atoms with Gasteiger partial charge in [0, 0.05) is 0 Å². The van der Waals surface area contributed by atoms with Crippen LogP contribution >= 0.6 is 11.8 Å². The molecule has 1 amide bonds. The fourth-order valence-electron chi connectivity index (χ4n) is 2.59. The van der Waals surface area contributed by atoms with E-state index in [9.17, 15) is 9.59 Å². The monoisotopic (exact) mass is 412 g/mol. The molecule has 1 saturated heterocycles. The average Bonchev–Trinajstić information content (AvgIpc) is 3.06. The van der Waals surface area contributed by atoms with Crippen molar-refractivity contribution in [2.75, 3.05) is 13.7 Å². The Morgan fingerprint density at radius 3 is 2.62 bits per heavy atom. The lowest BCUT2D eigenvalue weighted by Gasteiger charge is -2.09. The summed E-state index contributed by atoms with van der Waals surface area (Å²) in [6.07, 6.45) is 2.67. The minimum Gasteiger partial charge on any atom is -0.493 e. The maximum atomic E-state index is 12.3. The van der Waals surface area contributed by atoms with Crippen molar-refractivity contribution in [3.63, 3.8) is 0 Å². The molecule has 1 heterocycles. The van der Waals surface area contributed by atoms with Gasteiger partial charge in [-0.3, -0.25) is 4.79 Å². The number of methoxy groups -OCH3 is 1. The van der Waals surface area contributed by atoms with E-state index >= 15 is 0 Å². The Hall–Kier alpha value is -3.26. The van der Waals surface area contributed by atoms with Crippen LogP contribution in [0.4, 0.5) is 5.69 Å². The zero-order chi connectivity index (χ0) is 20.8. The minimum atomic E-state index is -1.08. The van der Waals surface area contributed by atoms with Crippen molar-refractivity contribution in [2.45, 2.75) is 13.3 Å². The third-order valence-corrected chi connectivity index (χ3v) is 4.97. The lowest BCUT2D eigenvalue weighted by Crippen LogP contribution is -2.19. The van der Waals surface area contributed by atoms with E-state index in [0.717, 1.165) is 17.7 Å². The van der Waals surface area contributed by atoms with Gasteiger partial charge in [0.25, 0.3) is 5.91 Å². The molecule has 2 aromatic carbocycles. The average molecular weight is 412 g/mol. The number of nitrogens with zero attached hydrogens (tertiary/aromatic N) is 1. The molecule has 0 aliphatic carbocycles. The zero-order valence-corrected chi connectivity index (χ0v) is 16.8. The number of amides is 1. The van der Waals surface area contributed by atoms with E-state index in [1.165, 1.54) is 24.4 Å². The maximum Gasteiger partial charge on any atom is 0.341 e. The van der Waals surface area contributed by atoms with Gasteiger partial charge < -0.3 is 19.9 Å². The number of hydrogen-bond donors (Lipinski definition) is 2. The first kappa shape index (κ1) is 20.5. The van der Waals surface area contributed by atoms with Gasteiger partial charge in [-0.1, -0.05) is 25.1 Å². The third-order valence-electron chi connectivity index (χ3n) is 4.06. The van der Waals surface area contributed by atoms with Crippen LogP contribution in [-0.2, 0) is 16.0 Å². The van der Waals surface area contributed by atoms with Crippen LogP contribution in [0.5, 0.6) is 11.5 Å². The number of aliphatic carboxylic acids is 1. The molecule has 0 spiro atoms. The van der Waals surface area contributed by atoms with Crippen molar-refractivity contribution < 1.29 is 24.2 Å². The molecule has 29 heavy (non-hydrogen) atoms. The molecule has 2 aromatic rings. The van der Waals surface area contributed by atoms with Crippen LogP contribution in [0, 0.1) is 0 Å². The molecule has 0 radical (unpaired) electrons. The van der Waals surface area contributed by atoms with Gasteiger partial charge in [0.1, 0.15) is 0 Å². The molecule has 0 atom stereocenters. The summed E-state index contributed by atoms with van der Waals surface area (Å²) in [5.41, 5.74) is 2.71. The molecule has 1 fully saturated rings. The summed E-state index contributed by atoms with van der Waals surface area (Å²) < 4.78 is 10.4. The minimum absolute atomic E-state index is 0.232. The van der Waals surface area contributed by atoms with E-state index < -0.39 is 12.6 Å². The van der Waals surface area contributed by atoms with Gasteiger partial charge in [-0.2, -0.15) is 0 Å². The van der Waals surface area contributed by atoms with E-state index in [2.05, 4.69) is 17.2 Å². The topological polar surface area (TPSA) is 97.2 Å². The van der Waals surface area contributed by atoms with Gasteiger partial charge in [0.05, 0.1) is 17.7 Å². The molecule has 1 aliphatic heterocycles. The predicted octanol–water partition coefficient (Wildman–Crippen LogP) is 3.61. The van der Waals surface area contributed by atoms with Crippen molar-refractivity contribution in [2.24, 2.45) is 4.99 Å². The Bertz CT molecular complexity index is 983. The fourth-order valence-corrected chi connectivity index (χ4v) is 3.43. The molecule has 1 aliphatic rings. The summed E-state index contributed by atoms with van der Waals surface area (Å²) in [6.45, 7) is 1.62. The number of aryl methyl sites for hydroxylation is 1. The number of ether oxygens (including phenoxy) is 2. The molecule has 0 unspecified atom stereocenters. The van der Waals surface area contributed by atoms with Crippen molar-refractivity contribution in [3.8, 4) is 11.5 Å². The van der Waals surface area contributed by atoms with E-state index in [1.807, 2.05) is 24.3 Å². The lowest BCUT2D eigenvalue weighted by molar-refractivity contribution is -0.139. The Kier molecular flexibility index (Phi) is 6.56. The molecule has 150 valence electrons. The van der Waals surface area contributed by atoms with Crippen molar-refractivity contribution >= 4 is 40.6 Å². The molecule has 0 saturated carbocycles. The number of benzene rings is 2. The quantitative estimate of drug-likeness (QED) is 0.675. The fraction of sp³-hybridized carbons (Fsp3) is 0.190. The summed E-state index contributed by atoms with van der Waals surface area (Å²) in [5.74, 6) is -0.607. The first-order chi connectivity index (χ1) is 14.0. The van der Waals surface area contributed by atoms with Crippen LogP contribution < -0.4 is 14.8 Å². The number of aliphatic imine (C=N–C) groups is 1. The number of nitrogens with one attached hydrogen (secondary N) is 1. The van der Waals surface area contributed by atoms with Gasteiger partial charge in [-0.05, 0) is 59.7 Å². The highest BCUT2D eigenvalue weighted by atomic mass is 32.2. The van der Waals surface area contributed by atoms with E-state index in [4.69, 9.17) is 14.6 Å². The van der Waals surface area contributed by atoms with E-state index in [-0.39, 0.29) is 5.91 Å². The first-order valence-electron chi connectivity index (χ1n) is 8.89. The molecular weight excluding hydrogens is 392 g/mol. The van der Waals surface area contributed by atoms with Crippen LogP contribution in [-0.4, -0.2) is 35.9 Å². The first-order valence-corrected chi connectivity index (χ1v) is 9.71. The Morgan fingerprint density at radius 2 is 1.97 bits per heavy atom. The number of carbonyl (C=O) groups is 2. The predicted molar refractivity (Wildman–Crippen MR) is 113 cm³/mol. The van der Waals surface area contributed by atoms with E-state index in [1.54, 1.807) is 24.3 Å². The summed E-state index contributed by atoms with van der Waals surface area (Å²) in [6, 6.07) is 12.9. The summed E-state index contributed by atoms with van der Waals surface area (Å²) in [7, 11) is 1.46. The van der Waals surface area contributed by atoms with Gasteiger partial charge in [-0.15, -0.1) is 0 Å². The highest BCUT2D eigenvalue weighted by Gasteiger charge is 2.24. The maximum absolute atomic E-state index is 12.3. The van der Waals surface area contributed by atoms with Crippen LogP contribution in [0.25, 0.3) is 6.08 Å². The number of carboxylic acid groups (broad SMARTS) is 1. The largest absolute Gasteiger partial charge is 0.493 e.